The van der Waals surface area contributed by atoms with Crippen LogP contribution in [0.1, 0.15) is 30.2 Å². The van der Waals surface area contributed by atoms with Gasteiger partial charge in [-0.25, -0.2) is 0 Å². The van der Waals surface area contributed by atoms with Crippen molar-refractivity contribution in [3.63, 3.8) is 0 Å². The van der Waals surface area contributed by atoms with E-state index >= 15 is 0 Å². The maximum atomic E-state index is 13.8. The van der Waals surface area contributed by atoms with Crippen molar-refractivity contribution < 1.29 is 40.6 Å². The largest absolute Gasteiger partial charge is 0.455 e. The summed E-state index contributed by atoms with van der Waals surface area (Å²) in [4.78, 5) is 4.21. The van der Waals surface area contributed by atoms with Gasteiger partial charge in [-0.1, -0.05) is 35.3 Å². The molecule has 0 aliphatic rings. The van der Waals surface area contributed by atoms with Gasteiger partial charge in [0.1, 0.15) is 18.3 Å². The van der Waals surface area contributed by atoms with E-state index in [0.717, 1.165) is 24.9 Å². The predicted molar refractivity (Wildman–Crippen MR) is 109 cm³/mol. The van der Waals surface area contributed by atoms with Gasteiger partial charge in [0.2, 0.25) is 0 Å². The van der Waals surface area contributed by atoms with Crippen LogP contribution < -0.4 is 4.74 Å². The molecule has 0 spiro atoms. The molecular weight excluding hydrogens is 508 g/mol. The Morgan fingerprint density at radius 2 is 1.66 bits per heavy atom. The fourth-order valence-corrected chi connectivity index (χ4v) is 3.49. The van der Waals surface area contributed by atoms with Crippen molar-refractivity contribution in [3.05, 3.63) is 53.3 Å². The zero-order valence-electron chi connectivity index (χ0n) is 17.3. The predicted octanol–water partition coefficient (Wildman–Crippen LogP) is 6.70. The lowest BCUT2D eigenvalue weighted by atomic mass is 9.89. The van der Waals surface area contributed by atoms with Crippen LogP contribution in [0.5, 0.6) is 11.5 Å². The Morgan fingerprint density at radius 3 is 2.16 bits per heavy atom. The number of hydrogen-bond acceptors (Lipinski definition) is 4. The van der Waals surface area contributed by atoms with Gasteiger partial charge < -0.3 is 14.2 Å². The van der Waals surface area contributed by atoms with Crippen LogP contribution in [0.15, 0.2) is 36.5 Å². The van der Waals surface area contributed by atoms with E-state index in [1.165, 1.54) is 6.20 Å². The summed E-state index contributed by atoms with van der Waals surface area (Å²) in [6, 6.07) is 5.96. The first kappa shape index (κ1) is 26.4. The van der Waals surface area contributed by atoms with Crippen LogP contribution in [0.4, 0.5) is 26.3 Å². The summed E-state index contributed by atoms with van der Waals surface area (Å²) in [7, 11) is 0.939. The van der Waals surface area contributed by atoms with E-state index in [9.17, 15) is 26.3 Å². The maximum Gasteiger partial charge on any atom is 0.430 e. The molecule has 0 fully saturated rings. The first-order valence-electron chi connectivity index (χ1n) is 9.58. The number of ether oxygens (including phenoxy) is 3. The van der Waals surface area contributed by atoms with Crippen molar-refractivity contribution in [3.8, 4) is 11.5 Å². The number of hydrogen-bond donors (Lipinski definition) is 0. The number of alkyl halides is 7. The Bertz CT molecular complexity index is 857. The molecule has 0 radical (unpaired) electrons. The molecule has 2 rings (SSSR count). The third kappa shape index (κ3) is 5.74. The first-order chi connectivity index (χ1) is 15.0. The normalized spacial score (nSPS) is 12.8. The molecule has 0 saturated carbocycles. The molecule has 0 aliphatic heterocycles. The summed E-state index contributed by atoms with van der Waals surface area (Å²) in [5.74, 6) is 0.442. The average molecular weight is 530 g/mol. The summed E-state index contributed by atoms with van der Waals surface area (Å²) in [5.41, 5.74) is -4.67. The summed E-state index contributed by atoms with van der Waals surface area (Å²) < 4.78 is 97.2. The van der Waals surface area contributed by atoms with Gasteiger partial charge in [0.05, 0.1) is 6.20 Å². The van der Waals surface area contributed by atoms with Crippen molar-refractivity contribution in [2.24, 2.45) is 0 Å². The second kappa shape index (κ2) is 10.8. The molecule has 11 heteroatoms. The van der Waals surface area contributed by atoms with Crippen LogP contribution in [0.2, 0.25) is 0 Å². The molecule has 32 heavy (non-hydrogen) atoms. The van der Waals surface area contributed by atoms with E-state index in [1.807, 2.05) is 0 Å². The van der Waals surface area contributed by atoms with Crippen molar-refractivity contribution in [2.75, 3.05) is 19.2 Å². The summed E-state index contributed by atoms with van der Waals surface area (Å²) in [6.07, 6.45) is -8.79. The quantitative estimate of drug-likeness (QED) is 0.195. The Kier molecular flexibility index (Phi) is 8.95. The lowest BCUT2D eigenvalue weighted by molar-refractivity contribution is -0.400. The van der Waals surface area contributed by atoms with Crippen molar-refractivity contribution in [2.45, 2.75) is 44.1 Å². The molecule has 0 N–H and O–H groups in total. The van der Waals surface area contributed by atoms with Gasteiger partial charge in [-0.2, -0.15) is 26.3 Å². The molecule has 4 nitrogen and oxygen atoms in total. The minimum Gasteiger partial charge on any atom is -0.455 e. The lowest BCUT2D eigenvalue weighted by Crippen LogP contribution is -2.56. The minimum atomic E-state index is -5.79. The third-order valence-electron chi connectivity index (χ3n) is 4.55. The second-order valence-corrected chi connectivity index (χ2v) is 7.62. The van der Waals surface area contributed by atoms with Crippen LogP contribution >= 0.6 is 15.9 Å². The van der Waals surface area contributed by atoms with Crippen molar-refractivity contribution in [1.29, 1.82) is 0 Å². The zero-order valence-corrected chi connectivity index (χ0v) is 18.9. The molecule has 0 aliphatic carbocycles. The van der Waals surface area contributed by atoms with Gasteiger partial charge in [-0.05, 0) is 42.7 Å². The van der Waals surface area contributed by atoms with Crippen LogP contribution in [0.25, 0.3) is 0 Å². The SMILES string of the molecule is CCCc1cc(C(OCOC)(C(F)(F)F)C(F)(F)F)ccc1Oc1ccc(CCBr)nc1. The molecule has 1 aromatic heterocycles. The number of rotatable bonds is 10. The zero-order chi connectivity index (χ0) is 24.0. The van der Waals surface area contributed by atoms with Crippen LogP contribution in [-0.4, -0.2) is 36.6 Å². The van der Waals surface area contributed by atoms with Crippen LogP contribution in [0.3, 0.4) is 0 Å². The number of halogens is 7. The third-order valence-corrected chi connectivity index (χ3v) is 4.95. The molecule has 0 bridgehead atoms. The van der Waals surface area contributed by atoms with E-state index in [4.69, 9.17) is 4.74 Å². The van der Waals surface area contributed by atoms with E-state index < -0.39 is 30.3 Å². The number of aryl methyl sites for hydroxylation is 2. The number of aromatic nitrogens is 1. The topological polar surface area (TPSA) is 40.6 Å². The van der Waals surface area contributed by atoms with Gasteiger partial charge in [0.15, 0.2) is 0 Å². The highest BCUT2D eigenvalue weighted by atomic mass is 79.9. The number of benzene rings is 1. The average Bonchev–Trinajstić information content (AvgIpc) is 2.70. The Labute approximate surface area is 190 Å². The maximum absolute atomic E-state index is 13.8. The Morgan fingerprint density at radius 1 is 0.969 bits per heavy atom. The molecule has 0 unspecified atom stereocenters. The summed E-state index contributed by atoms with van der Waals surface area (Å²) in [5, 5.41) is 0.716. The molecule has 0 saturated heterocycles. The Hall–Kier alpha value is -1.85. The van der Waals surface area contributed by atoms with Gasteiger partial charge in [0, 0.05) is 23.7 Å². The molecule has 1 aromatic carbocycles. The number of pyridine rings is 1. The molecule has 0 amide bonds. The first-order valence-corrected chi connectivity index (χ1v) is 10.7. The number of nitrogens with zero attached hydrogens (tertiary/aromatic N) is 1. The van der Waals surface area contributed by atoms with Crippen molar-refractivity contribution in [1.82, 2.24) is 4.98 Å². The number of methoxy groups -OCH3 is 1. The smallest absolute Gasteiger partial charge is 0.430 e. The van der Waals surface area contributed by atoms with Gasteiger partial charge >= 0.3 is 12.4 Å². The van der Waals surface area contributed by atoms with Crippen LogP contribution in [-0.2, 0) is 27.9 Å². The van der Waals surface area contributed by atoms with E-state index in [0.29, 0.717) is 30.0 Å². The van der Waals surface area contributed by atoms with E-state index in [1.54, 1.807) is 19.1 Å². The second-order valence-electron chi connectivity index (χ2n) is 6.83. The standard InChI is InChI=1S/C21H22BrF6NO3/c1-3-4-14-11-15(19(20(23,24)25,21(26,27)28)31-13-30-2)5-8-18(14)32-17-7-6-16(9-10-22)29-12-17/h5-8,11-12H,3-4,9-10,13H2,1-2H3. The van der Waals surface area contributed by atoms with Gasteiger partial charge in [0.25, 0.3) is 5.60 Å². The van der Waals surface area contributed by atoms with Crippen LogP contribution in [0, 0.1) is 0 Å². The van der Waals surface area contributed by atoms with Gasteiger partial charge in [-0.3, -0.25) is 4.98 Å². The molecule has 0 atom stereocenters. The fraction of sp³-hybridized carbons (Fsp3) is 0.476. The Balaban J connectivity index is 2.53. The minimum absolute atomic E-state index is 0.135. The highest BCUT2D eigenvalue weighted by Gasteiger charge is 2.73. The highest BCUT2D eigenvalue weighted by Crippen LogP contribution is 2.53. The van der Waals surface area contributed by atoms with Gasteiger partial charge in [-0.15, -0.1) is 0 Å². The van der Waals surface area contributed by atoms with E-state index in [-0.39, 0.29) is 17.7 Å². The molecule has 1 heterocycles. The highest BCUT2D eigenvalue weighted by molar-refractivity contribution is 9.09. The summed E-state index contributed by atoms with van der Waals surface area (Å²) in [6.45, 7) is 0.544. The lowest BCUT2D eigenvalue weighted by Gasteiger charge is -2.37. The molecular formula is C21H22BrF6NO3. The molecule has 178 valence electrons. The van der Waals surface area contributed by atoms with Crippen molar-refractivity contribution >= 4 is 15.9 Å². The summed E-state index contributed by atoms with van der Waals surface area (Å²) >= 11 is 3.30. The molecule has 2 aromatic rings. The van der Waals surface area contributed by atoms with E-state index in [2.05, 4.69) is 30.4 Å². The monoisotopic (exact) mass is 529 g/mol. The fourth-order valence-electron chi connectivity index (χ4n) is 3.09.